The summed E-state index contributed by atoms with van der Waals surface area (Å²) in [5.74, 6) is 1.97. The van der Waals surface area contributed by atoms with Crippen molar-refractivity contribution in [2.75, 3.05) is 20.3 Å². The molecule has 5 heteroatoms. The van der Waals surface area contributed by atoms with E-state index < -0.39 is 0 Å². The van der Waals surface area contributed by atoms with Crippen molar-refractivity contribution in [1.29, 1.82) is 0 Å². The number of methoxy groups -OCH3 is 1. The zero-order valence-electron chi connectivity index (χ0n) is 13.2. The van der Waals surface area contributed by atoms with E-state index in [1.54, 1.807) is 7.11 Å². The normalized spacial score (nSPS) is 17.4. The summed E-state index contributed by atoms with van der Waals surface area (Å²) >= 11 is 0. The van der Waals surface area contributed by atoms with E-state index in [1.807, 2.05) is 39.0 Å². The van der Waals surface area contributed by atoms with Gasteiger partial charge in [0, 0.05) is 24.1 Å². The van der Waals surface area contributed by atoms with Crippen molar-refractivity contribution in [3.63, 3.8) is 0 Å². The molecular formula is C16H24N2O3. The predicted octanol–water partition coefficient (Wildman–Crippen LogP) is 2.34. The van der Waals surface area contributed by atoms with Crippen LogP contribution in [0, 0.1) is 5.92 Å². The van der Waals surface area contributed by atoms with Crippen LogP contribution < -0.4 is 20.1 Å². The Bertz CT molecular complexity index is 509. The smallest absolute Gasteiger partial charge is 0.315 e. The molecule has 116 valence electrons. The molecule has 0 bridgehead atoms. The lowest BCUT2D eigenvalue weighted by molar-refractivity contribution is 0.207. The van der Waals surface area contributed by atoms with Crippen LogP contribution in [0.5, 0.6) is 11.5 Å². The highest BCUT2D eigenvalue weighted by atomic mass is 16.5. The van der Waals surface area contributed by atoms with Gasteiger partial charge in [-0.2, -0.15) is 0 Å². The Kier molecular flexibility index (Phi) is 4.60. The molecule has 0 radical (unpaired) electrons. The van der Waals surface area contributed by atoms with Gasteiger partial charge in [-0.1, -0.05) is 6.07 Å². The summed E-state index contributed by atoms with van der Waals surface area (Å²) in [5, 5.41) is 5.79. The summed E-state index contributed by atoms with van der Waals surface area (Å²) in [7, 11) is 1.64. The molecule has 1 aromatic rings. The maximum Gasteiger partial charge on any atom is 0.315 e. The first-order valence-electron chi connectivity index (χ1n) is 7.23. The Morgan fingerprint density at radius 2 is 2.19 bits per heavy atom. The minimum atomic E-state index is -0.226. The lowest BCUT2D eigenvalue weighted by Gasteiger charge is -2.27. The highest BCUT2D eigenvalue weighted by Crippen LogP contribution is 2.30. The molecule has 2 rings (SSSR count). The van der Waals surface area contributed by atoms with E-state index >= 15 is 0 Å². The third-order valence-electron chi connectivity index (χ3n) is 3.30. The SMILES string of the molecule is COc1ccc2c(c1)OC[C@H](CNC(=O)NC(C)(C)C)C2. The van der Waals surface area contributed by atoms with Crippen LogP contribution in [-0.2, 0) is 6.42 Å². The number of ether oxygens (including phenoxy) is 2. The van der Waals surface area contributed by atoms with Crippen LogP contribution in [-0.4, -0.2) is 31.8 Å². The van der Waals surface area contributed by atoms with E-state index in [2.05, 4.69) is 10.6 Å². The van der Waals surface area contributed by atoms with Gasteiger partial charge in [-0.25, -0.2) is 4.79 Å². The second-order valence-electron chi connectivity index (χ2n) is 6.44. The van der Waals surface area contributed by atoms with Crippen molar-refractivity contribution >= 4 is 6.03 Å². The van der Waals surface area contributed by atoms with E-state index in [4.69, 9.17) is 9.47 Å². The number of fused-ring (bicyclic) bond motifs is 1. The summed E-state index contributed by atoms with van der Waals surface area (Å²) in [6.07, 6.45) is 0.898. The molecule has 0 fully saturated rings. The number of hydrogen-bond acceptors (Lipinski definition) is 3. The number of nitrogens with one attached hydrogen (secondary N) is 2. The van der Waals surface area contributed by atoms with E-state index in [-0.39, 0.29) is 17.5 Å². The van der Waals surface area contributed by atoms with Crippen LogP contribution in [0.1, 0.15) is 26.3 Å². The molecule has 1 heterocycles. The van der Waals surface area contributed by atoms with Crippen molar-refractivity contribution in [2.24, 2.45) is 5.92 Å². The number of carbonyl (C=O) groups excluding carboxylic acids is 1. The fourth-order valence-corrected chi connectivity index (χ4v) is 2.30. The first kappa shape index (κ1) is 15.5. The van der Waals surface area contributed by atoms with Gasteiger partial charge < -0.3 is 20.1 Å². The molecular weight excluding hydrogens is 268 g/mol. The van der Waals surface area contributed by atoms with Gasteiger partial charge in [0.25, 0.3) is 0 Å². The number of amides is 2. The average Bonchev–Trinajstić information content (AvgIpc) is 2.42. The molecule has 21 heavy (non-hydrogen) atoms. The molecule has 1 aliphatic heterocycles. The minimum absolute atomic E-state index is 0.136. The Balaban J connectivity index is 1.86. The summed E-state index contributed by atoms with van der Waals surface area (Å²) in [5.41, 5.74) is 0.932. The van der Waals surface area contributed by atoms with Crippen LogP contribution in [0.4, 0.5) is 4.79 Å². The van der Waals surface area contributed by atoms with Gasteiger partial charge in [-0.3, -0.25) is 0 Å². The van der Waals surface area contributed by atoms with Crippen LogP contribution in [0.25, 0.3) is 0 Å². The molecule has 1 atom stereocenters. The van der Waals surface area contributed by atoms with Crippen LogP contribution in [0.2, 0.25) is 0 Å². The topological polar surface area (TPSA) is 59.6 Å². The van der Waals surface area contributed by atoms with Gasteiger partial charge in [0.05, 0.1) is 13.7 Å². The molecule has 1 aromatic carbocycles. The Morgan fingerprint density at radius 1 is 1.43 bits per heavy atom. The van der Waals surface area contributed by atoms with Crippen molar-refractivity contribution in [3.05, 3.63) is 23.8 Å². The summed E-state index contributed by atoms with van der Waals surface area (Å²) in [6.45, 7) is 7.09. The van der Waals surface area contributed by atoms with E-state index in [9.17, 15) is 4.79 Å². The molecule has 0 aromatic heterocycles. The van der Waals surface area contributed by atoms with Crippen molar-refractivity contribution in [1.82, 2.24) is 10.6 Å². The molecule has 2 N–H and O–H groups in total. The average molecular weight is 292 g/mol. The molecule has 2 amide bonds. The van der Waals surface area contributed by atoms with Gasteiger partial charge in [0.2, 0.25) is 0 Å². The first-order valence-corrected chi connectivity index (χ1v) is 7.23. The van der Waals surface area contributed by atoms with Crippen molar-refractivity contribution in [2.45, 2.75) is 32.7 Å². The molecule has 5 nitrogen and oxygen atoms in total. The number of hydrogen-bond donors (Lipinski definition) is 2. The molecule has 0 aliphatic carbocycles. The lowest BCUT2D eigenvalue weighted by atomic mass is 9.96. The fraction of sp³-hybridized carbons (Fsp3) is 0.562. The minimum Gasteiger partial charge on any atom is -0.497 e. The van der Waals surface area contributed by atoms with Crippen molar-refractivity contribution < 1.29 is 14.3 Å². The van der Waals surface area contributed by atoms with Gasteiger partial charge in [-0.15, -0.1) is 0 Å². The van der Waals surface area contributed by atoms with Crippen LogP contribution in [0.15, 0.2) is 18.2 Å². The number of urea groups is 1. The van der Waals surface area contributed by atoms with Gasteiger partial charge in [0.15, 0.2) is 0 Å². The zero-order valence-corrected chi connectivity index (χ0v) is 13.2. The number of rotatable bonds is 3. The Labute approximate surface area is 126 Å². The molecule has 0 unspecified atom stereocenters. The summed E-state index contributed by atoms with van der Waals surface area (Å²) < 4.78 is 10.9. The van der Waals surface area contributed by atoms with Gasteiger partial charge in [-0.05, 0) is 38.8 Å². The molecule has 0 saturated carbocycles. The van der Waals surface area contributed by atoms with Crippen LogP contribution >= 0.6 is 0 Å². The van der Waals surface area contributed by atoms with E-state index in [1.165, 1.54) is 0 Å². The molecule has 1 aliphatic rings. The quantitative estimate of drug-likeness (QED) is 0.899. The molecule has 0 spiro atoms. The third-order valence-corrected chi connectivity index (χ3v) is 3.30. The second-order valence-corrected chi connectivity index (χ2v) is 6.44. The largest absolute Gasteiger partial charge is 0.497 e. The Morgan fingerprint density at radius 3 is 2.86 bits per heavy atom. The second kappa shape index (κ2) is 6.24. The Hall–Kier alpha value is -1.91. The first-order chi connectivity index (χ1) is 9.87. The van der Waals surface area contributed by atoms with Crippen molar-refractivity contribution in [3.8, 4) is 11.5 Å². The highest BCUT2D eigenvalue weighted by Gasteiger charge is 2.21. The summed E-state index contributed by atoms with van der Waals surface area (Å²) in [4.78, 5) is 11.8. The zero-order chi connectivity index (χ0) is 15.5. The van der Waals surface area contributed by atoms with Gasteiger partial charge >= 0.3 is 6.03 Å². The monoisotopic (exact) mass is 292 g/mol. The van der Waals surface area contributed by atoms with Crippen LogP contribution in [0.3, 0.4) is 0 Å². The lowest BCUT2D eigenvalue weighted by Crippen LogP contribution is -2.48. The maximum atomic E-state index is 11.8. The fourth-order valence-electron chi connectivity index (χ4n) is 2.30. The molecule has 0 saturated heterocycles. The maximum absolute atomic E-state index is 11.8. The third kappa shape index (κ3) is 4.55. The highest BCUT2D eigenvalue weighted by molar-refractivity contribution is 5.74. The van der Waals surface area contributed by atoms with E-state index in [0.717, 1.165) is 23.5 Å². The van der Waals surface area contributed by atoms with E-state index in [0.29, 0.717) is 13.2 Å². The standard InChI is InChI=1S/C16H24N2O3/c1-16(2,3)18-15(19)17-9-11-7-12-5-6-13(20-4)8-14(12)21-10-11/h5-6,8,11H,7,9-10H2,1-4H3,(H2,17,18,19)/t11-/m0/s1. The summed E-state index contributed by atoms with van der Waals surface area (Å²) in [6, 6.07) is 5.73. The number of carbonyl (C=O) groups is 1. The predicted molar refractivity (Wildman–Crippen MR) is 82.0 cm³/mol. The van der Waals surface area contributed by atoms with Gasteiger partial charge in [0.1, 0.15) is 11.5 Å². The number of benzene rings is 1.